The Balaban J connectivity index is 2.15. The quantitative estimate of drug-likeness (QED) is 0.517. The first kappa shape index (κ1) is 7.94. The number of rotatable bonds is 3. The molecule has 0 saturated carbocycles. The first-order valence-electron chi connectivity index (χ1n) is 3.60. The highest BCUT2D eigenvalue weighted by Gasteiger charge is 2.20. The smallest absolute Gasteiger partial charge is 0.0588 e. The van der Waals surface area contributed by atoms with Gasteiger partial charge in [-0.15, -0.1) is 5.59 Å². The van der Waals surface area contributed by atoms with Crippen molar-refractivity contribution in [1.29, 1.82) is 0 Å². The monoisotopic (exact) mass is 145 g/mol. The first-order chi connectivity index (χ1) is 4.86. The second-order valence-electron chi connectivity index (χ2n) is 2.63. The standard InChI is InChI=1S/C6H15N3O/c1-10-8-9-3-2-6(4-7)5-9/h6,8H,2-5,7H2,1H3. The van der Waals surface area contributed by atoms with E-state index in [1.165, 1.54) is 6.42 Å². The number of hydrazine groups is 1. The SMILES string of the molecule is CONN1CCC(CN)C1. The van der Waals surface area contributed by atoms with Gasteiger partial charge in [0.15, 0.2) is 0 Å². The fourth-order valence-corrected chi connectivity index (χ4v) is 1.24. The normalized spacial score (nSPS) is 27.6. The van der Waals surface area contributed by atoms with Crippen LogP contribution >= 0.6 is 0 Å². The van der Waals surface area contributed by atoms with Gasteiger partial charge in [0.25, 0.3) is 0 Å². The Bertz CT molecular complexity index is 99.0. The summed E-state index contributed by atoms with van der Waals surface area (Å²) in [7, 11) is 1.62. The second-order valence-corrected chi connectivity index (χ2v) is 2.63. The zero-order chi connectivity index (χ0) is 7.40. The Hall–Kier alpha value is -0.160. The minimum Gasteiger partial charge on any atom is -0.330 e. The molecule has 0 bridgehead atoms. The molecule has 3 N–H and O–H groups in total. The number of nitrogens with zero attached hydrogens (tertiary/aromatic N) is 1. The van der Waals surface area contributed by atoms with Gasteiger partial charge in [-0.05, 0) is 18.9 Å². The molecule has 0 aromatic carbocycles. The van der Waals surface area contributed by atoms with Crippen LogP contribution in [0.15, 0.2) is 0 Å². The van der Waals surface area contributed by atoms with Gasteiger partial charge in [-0.3, -0.25) is 4.84 Å². The van der Waals surface area contributed by atoms with E-state index in [0.717, 1.165) is 19.6 Å². The third-order valence-electron chi connectivity index (χ3n) is 1.84. The van der Waals surface area contributed by atoms with E-state index in [4.69, 9.17) is 10.6 Å². The number of hydrogen-bond acceptors (Lipinski definition) is 4. The molecule has 1 unspecified atom stereocenters. The van der Waals surface area contributed by atoms with Gasteiger partial charge in [0.1, 0.15) is 0 Å². The van der Waals surface area contributed by atoms with Gasteiger partial charge in [0.05, 0.1) is 7.11 Å². The predicted octanol–water partition coefficient (Wildman–Crippen LogP) is -0.667. The number of hydrogen-bond donors (Lipinski definition) is 2. The summed E-state index contributed by atoms with van der Waals surface area (Å²) in [5.41, 5.74) is 8.28. The molecule has 10 heavy (non-hydrogen) atoms. The van der Waals surface area contributed by atoms with Crippen LogP contribution in [0.1, 0.15) is 6.42 Å². The zero-order valence-corrected chi connectivity index (χ0v) is 6.34. The van der Waals surface area contributed by atoms with Crippen molar-refractivity contribution in [3.63, 3.8) is 0 Å². The number of nitrogens with two attached hydrogens (primary N) is 1. The van der Waals surface area contributed by atoms with E-state index >= 15 is 0 Å². The Morgan fingerprint density at radius 2 is 2.60 bits per heavy atom. The fourth-order valence-electron chi connectivity index (χ4n) is 1.24. The van der Waals surface area contributed by atoms with Crippen LogP contribution in [0.4, 0.5) is 0 Å². The van der Waals surface area contributed by atoms with Crippen molar-refractivity contribution in [2.45, 2.75) is 6.42 Å². The Morgan fingerprint density at radius 3 is 3.10 bits per heavy atom. The van der Waals surface area contributed by atoms with Gasteiger partial charge in [-0.2, -0.15) is 0 Å². The van der Waals surface area contributed by atoms with Crippen molar-refractivity contribution in [1.82, 2.24) is 10.6 Å². The maximum Gasteiger partial charge on any atom is 0.0588 e. The van der Waals surface area contributed by atoms with Gasteiger partial charge in [0.2, 0.25) is 0 Å². The van der Waals surface area contributed by atoms with Crippen LogP contribution in [-0.2, 0) is 4.84 Å². The maximum absolute atomic E-state index is 5.50. The highest BCUT2D eigenvalue weighted by molar-refractivity contribution is 4.71. The highest BCUT2D eigenvalue weighted by atomic mass is 16.7. The van der Waals surface area contributed by atoms with Crippen molar-refractivity contribution >= 4 is 0 Å². The van der Waals surface area contributed by atoms with Crippen molar-refractivity contribution in [3.8, 4) is 0 Å². The van der Waals surface area contributed by atoms with E-state index in [2.05, 4.69) is 5.59 Å². The number of nitrogens with one attached hydrogen (secondary N) is 1. The van der Waals surface area contributed by atoms with Crippen molar-refractivity contribution in [2.24, 2.45) is 11.7 Å². The molecule has 0 aromatic rings. The van der Waals surface area contributed by atoms with Crippen LogP contribution in [-0.4, -0.2) is 31.8 Å². The van der Waals surface area contributed by atoms with Gasteiger partial charge >= 0.3 is 0 Å². The largest absolute Gasteiger partial charge is 0.330 e. The Kier molecular flexibility index (Phi) is 3.08. The lowest BCUT2D eigenvalue weighted by atomic mass is 10.1. The van der Waals surface area contributed by atoms with Crippen LogP contribution in [0, 0.1) is 5.92 Å². The molecule has 1 heterocycles. The van der Waals surface area contributed by atoms with Gasteiger partial charge < -0.3 is 5.73 Å². The summed E-state index contributed by atoms with van der Waals surface area (Å²) in [4.78, 5) is 4.75. The highest BCUT2D eigenvalue weighted by Crippen LogP contribution is 2.11. The van der Waals surface area contributed by atoms with Crippen LogP contribution in [0.2, 0.25) is 0 Å². The molecule has 4 heteroatoms. The van der Waals surface area contributed by atoms with E-state index in [0.29, 0.717) is 5.92 Å². The summed E-state index contributed by atoms with van der Waals surface area (Å²) < 4.78 is 0. The molecule has 4 nitrogen and oxygen atoms in total. The van der Waals surface area contributed by atoms with Crippen molar-refractivity contribution in [2.75, 3.05) is 26.7 Å². The molecular formula is C6H15N3O. The molecule has 0 aromatic heterocycles. The molecule has 0 aliphatic carbocycles. The molecule has 0 spiro atoms. The first-order valence-corrected chi connectivity index (χ1v) is 3.60. The minimum absolute atomic E-state index is 0.641. The average Bonchev–Trinajstić information content (AvgIpc) is 2.37. The summed E-state index contributed by atoms with van der Waals surface area (Å²) in [6.45, 7) is 2.82. The molecule has 0 radical (unpaired) electrons. The average molecular weight is 145 g/mol. The minimum atomic E-state index is 0.641. The van der Waals surface area contributed by atoms with Crippen molar-refractivity contribution in [3.05, 3.63) is 0 Å². The van der Waals surface area contributed by atoms with Crippen LogP contribution in [0.5, 0.6) is 0 Å². The van der Waals surface area contributed by atoms with E-state index in [-0.39, 0.29) is 0 Å². The lowest BCUT2D eigenvalue weighted by Gasteiger charge is -2.14. The summed E-state index contributed by atoms with van der Waals surface area (Å²) in [6, 6.07) is 0. The van der Waals surface area contributed by atoms with Gasteiger partial charge in [-0.1, -0.05) is 0 Å². The molecule has 1 atom stereocenters. The molecule has 1 rings (SSSR count). The predicted molar refractivity (Wildman–Crippen MR) is 38.9 cm³/mol. The third-order valence-corrected chi connectivity index (χ3v) is 1.84. The summed E-state index contributed by atoms with van der Waals surface area (Å²) in [5, 5.41) is 2.04. The lowest BCUT2D eigenvalue weighted by molar-refractivity contribution is -0.0447. The van der Waals surface area contributed by atoms with E-state index in [9.17, 15) is 0 Å². The Morgan fingerprint density at radius 1 is 1.80 bits per heavy atom. The molecule has 0 amide bonds. The molecule has 60 valence electrons. The molecule has 1 aliphatic rings. The van der Waals surface area contributed by atoms with E-state index in [1.807, 2.05) is 5.01 Å². The summed E-state index contributed by atoms with van der Waals surface area (Å²) >= 11 is 0. The second kappa shape index (κ2) is 3.88. The fraction of sp³-hybridized carbons (Fsp3) is 1.00. The molecule has 1 saturated heterocycles. The molecule has 1 fully saturated rings. The summed E-state index contributed by atoms with van der Waals surface area (Å²) in [6.07, 6.45) is 1.17. The Labute approximate surface area is 61.2 Å². The van der Waals surface area contributed by atoms with E-state index in [1.54, 1.807) is 7.11 Å². The van der Waals surface area contributed by atoms with E-state index < -0.39 is 0 Å². The van der Waals surface area contributed by atoms with Gasteiger partial charge in [-0.25, -0.2) is 5.01 Å². The third kappa shape index (κ3) is 1.91. The summed E-state index contributed by atoms with van der Waals surface area (Å²) in [5.74, 6) is 0.641. The van der Waals surface area contributed by atoms with Crippen LogP contribution < -0.4 is 11.3 Å². The maximum atomic E-state index is 5.50. The van der Waals surface area contributed by atoms with Crippen LogP contribution in [0.25, 0.3) is 0 Å². The topological polar surface area (TPSA) is 50.5 Å². The molecule has 1 aliphatic heterocycles. The molecular weight excluding hydrogens is 130 g/mol. The lowest BCUT2D eigenvalue weighted by Crippen LogP contribution is -2.35. The van der Waals surface area contributed by atoms with Gasteiger partial charge in [0, 0.05) is 13.1 Å². The van der Waals surface area contributed by atoms with Crippen molar-refractivity contribution < 1.29 is 4.84 Å². The zero-order valence-electron chi connectivity index (χ0n) is 6.34. The van der Waals surface area contributed by atoms with Crippen LogP contribution in [0.3, 0.4) is 0 Å².